The Kier molecular flexibility index (Phi) is 5.08. The summed E-state index contributed by atoms with van der Waals surface area (Å²) in [6, 6.07) is 13.5. The number of rotatable bonds is 4. The quantitative estimate of drug-likeness (QED) is 0.354. The molecule has 1 amide bonds. The van der Waals surface area contributed by atoms with Crippen molar-refractivity contribution >= 4 is 22.6 Å². The SMILES string of the molecule is Cc1cc2c(cc1Cc1ccc(C(=O)Nc3ccc4[nH]c(=O)[nH]c4c3)o1)C(C)(C)CCC2(C)C. The molecule has 5 rings (SSSR count). The number of benzene rings is 2. The number of fused-ring (bicyclic) bond motifs is 2. The summed E-state index contributed by atoms with van der Waals surface area (Å²) in [7, 11) is 0. The van der Waals surface area contributed by atoms with Gasteiger partial charge in [0.15, 0.2) is 5.76 Å². The zero-order valence-corrected chi connectivity index (χ0v) is 20.4. The molecule has 2 heterocycles. The Morgan fingerprint density at radius 1 is 0.941 bits per heavy atom. The van der Waals surface area contributed by atoms with Crippen LogP contribution in [-0.2, 0) is 17.3 Å². The van der Waals surface area contributed by atoms with Gasteiger partial charge < -0.3 is 19.7 Å². The maximum absolute atomic E-state index is 12.8. The largest absolute Gasteiger partial charge is 0.456 e. The molecule has 34 heavy (non-hydrogen) atoms. The third-order valence-electron chi connectivity index (χ3n) is 7.33. The van der Waals surface area contributed by atoms with Crippen molar-refractivity contribution in [2.24, 2.45) is 0 Å². The molecule has 6 heteroatoms. The summed E-state index contributed by atoms with van der Waals surface area (Å²) >= 11 is 0. The van der Waals surface area contributed by atoms with Gasteiger partial charge in [-0.2, -0.15) is 0 Å². The van der Waals surface area contributed by atoms with E-state index < -0.39 is 0 Å². The van der Waals surface area contributed by atoms with Crippen molar-refractivity contribution in [2.75, 3.05) is 5.32 Å². The molecule has 0 fully saturated rings. The van der Waals surface area contributed by atoms with E-state index in [0.717, 1.165) is 5.76 Å². The van der Waals surface area contributed by atoms with Crippen molar-refractivity contribution in [3.05, 3.63) is 86.7 Å². The normalized spacial score (nSPS) is 16.4. The monoisotopic (exact) mass is 457 g/mol. The Labute approximate surface area is 198 Å². The van der Waals surface area contributed by atoms with Crippen molar-refractivity contribution < 1.29 is 9.21 Å². The molecule has 0 saturated heterocycles. The average molecular weight is 458 g/mol. The fourth-order valence-electron chi connectivity index (χ4n) is 5.04. The van der Waals surface area contributed by atoms with E-state index in [0.29, 0.717) is 23.1 Å². The molecule has 1 aliphatic rings. The standard InChI is InChI=1S/C28H31N3O3/c1-16-12-20-21(28(4,5)11-10-27(20,2)3)14-17(16)13-19-7-9-24(34-19)25(32)29-18-6-8-22-23(15-18)31-26(33)30-22/h6-9,12,14-15H,10-11,13H2,1-5H3,(H,29,32)(H2,30,31,33). The second-order valence-corrected chi connectivity index (χ2v) is 10.8. The zero-order valence-electron chi connectivity index (χ0n) is 20.4. The zero-order chi connectivity index (χ0) is 24.3. The highest BCUT2D eigenvalue weighted by Gasteiger charge is 2.37. The van der Waals surface area contributed by atoms with Crippen LogP contribution in [0.1, 0.15) is 79.1 Å². The molecular formula is C28H31N3O3. The van der Waals surface area contributed by atoms with Crippen LogP contribution in [0.5, 0.6) is 0 Å². The Balaban J connectivity index is 1.37. The minimum absolute atomic E-state index is 0.145. The number of anilines is 1. The third-order valence-corrected chi connectivity index (χ3v) is 7.33. The number of aromatic amines is 2. The highest BCUT2D eigenvalue weighted by Crippen LogP contribution is 2.46. The van der Waals surface area contributed by atoms with Gasteiger partial charge in [-0.25, -0.2) is 4.79 Å². The number of carbonyl (C=O) groups is 1. The van der Waals surface area contributed by atoms with Gasteiger partial charge in [0.1, 0.15) is 5.76 Å². The molecular weight excluding hydrogens is 426 g/mol. The number of amides is 1. The molecule has 176 valence electrons. The maximum atomic E-state index is 12.8. The number of imidazole rings is 1. The van der Waals surface area contributed by atoms with E-state index in [-0.39, 0.29) is 28.2 Å². The Morgan fingerprint density at radius 2 is 1.62 bits per heavy atom. The van der Waals surface area contributed by atoms with Gasteiger partial charge in [-0.15, -0.1) is 0 Å². The van der Waals surface area contributed by atoms with Gasteiger partial charge in [0.25, 0.3) is 5.91 Å². The van der Waals surface area contributed by atoms with Crippen LogP contribution < -0.4 is 11.0 Å². The van der Waals surface area contributed by atoms with Crippen LogP contribution in [0.25, 0.3) is 11.0 Å². The summed E-state index contributed by atoms with van der Waals surface area (Å²) in [6.07, 6.45) is 3.00. The summed E-state index contributed by atoms with van der Waals surface area (Å²) < 4.78 is 5.93. The molecule has 0 saturated carbocycles. The van der Waals surface area contributed by atoms with Gasteiger partial charge in [0.05, 0.1) is 11.0 Å². The van der Waals surface area contributed by atoms with Crippen LogP contribution in [0, 0.1) is 6.92 Å². The molecule has 0 unspecified atom stereocenters. The number of carbonyl (C=O) groups excluding carboxylic acids is 1. The topological polar surface area (TPSA) is 90.9 Å². The van der Waals surface area contributed by atoms with Crippen LogP contribution in [0.4, 0.5) is 5.69 Å². The Morgan fingerprint density at radius 3 is 2.35 bits per heavy atom. The van der Waals surface area contributed by atoms with E-state index in [1.165, 1.54) is 35.1 Å². The number of hydrogen-bond acceptors (Lipinski definition) is 3. The lowest BCUT2D eigenvalue weighted by Gasteiger charge is -2.42. The van der Waals surface area contributed by atoms with Crippen LogP contribution >= 0.6 is 0 Å². The summed E-state index contributed by atoms with van der Waals surface area (Å²) in [5.74, 6) is 0.690. The lowest BCUT2D eigenvalue weighted by molar-refractivity contribution is 0.0995. The molecule has 4 aromatic rings. The first-order valence-electron chi connectivity index (χ1n) is 11.8. The van der Waals surface area contributed by atoms with Crippen LogP contribution in [0.2, 0.25) is 0 Å². The summed E-state index contributed by atoms with van der Waals surface area (Å²) in [5, 5.41) is 2.84. The molecule has 3 N–H and O–H groups in total. The van der Waals surface area contributed by atoms with E-state index in [1.807, 2.05) is 6.07 Å². The van der Waals surface area contributed by atoms with E-state index in [2.05, 4.69) is 62.0 Å². The highest BCUT2D eigenvalue weighted by atomic mass is 16.3. The van der Waals surface area contributed by atoms with Gasteiger partial charge in [-0.3, -0.25) is 4.79 Å². The van der Waals surface area contributed by atoms with Crippen molar-refractivity contribution in [1.82, 2.24) is 9.97 Å². The van der Waals surface area contributed by atoms with E-state index in [4.69, 9.17) is 4.42 Å². The van der Waals surface area contributed by atoms with Gasteiger partial charge >= 0.3 is 5.69 Å². The number of furan rings is 1. The second kappa shape index (κ2) is 7.76. The summed E-state index contributed by atoms with van der Waals surface area (Å²) in [6.45, 7) is 11.5. The lowest BCUT2D eigenvalue weighted by Crippen LogP contribution is -2.34. The minimum Gasteiger partial charge on any atom is -0.456 e. The predicted octanol–water partition coefficient (Wildman–Crippen LogP) is 5.95. The fourth-order valence-corrected chi connectivity index (χ4v) is 5.04. The molecule has 0 bridgehead atoms. The first-order valence-corrected chi connectivity index (χ1v) is 11.8. The Bertz CT molecular complexity index is 1470. The minimum atomic E-state index is -0.325. The highest BCUT2D eigenvalue weighted by molar-refractivity contribution is 6.03. The van der Waals surface area contributed by atoms with Gasteiger partial charge in [0.2, 0.25) is 0 Å². The van der Waals surface area contributed by atoms with Crippen molar-refractivity contribution in [3.8, 4) is 0 Å². The second-order valence-electron chi connectivity index (χ2n) is 10.8. The maximum Gasteiger partial charge on any atom is 0.323 e. The van der Waals surface area contributed by atoms with Gasteiger partial charge in [0, 0.05) is 12.1 Å². The van der Waals surface area contributed by atoms with Gasteiger partial charge in [-0.1, -0.05) is 39.8 Å². The number of nitrogens with one attached hydrogen (secondary N) is 3. The molecule has 2 aromatic heterocycles. The van der Waals surface area contributed by atoms with E-state index in [9.17, 15) is 9.59 Å². The number of H-pyrrole nitrogens is 2. The predicted molar refractivity (Wildman–Crippen MR) is 135 cm³/mol. The first kappa shape index (κ1) is 22.3. The lowest BCUT2D eigenvalue weighted by atomic mass is 9.62. The van der Waals surface area contributed by atoms with Crippen LogP contribution in [-0.4, -0.2) is 15.9 Å². The van der Waals surface area contributed by atoms with E-state index >= 15 is 0 Å². The van der Waals surface area contributed by atoms with E-state index in [1.54, 1.807) is 24.3 Å². The number of aromatic nitrogens is 2. The molecule has 6 nitrogen and oxygen atoms in total. The summed E-state index contributed by atoms with van der Waals surface area (Å²) in [4.78, 5) is 29.6. The number of aryl methyl sites for hydroxylation is 1. The molecule has 2 aromatic carbocycles. The van der Waals surface area contributed by atoms with Crippen molar-refractivity contribution in [3.63, 3.8) is 0 Å². The smallest absolute Gasteiger partial charge is 0.323 e. The van der Waals surface area contributed by atoms with Crippen LogP contribution in [0.15, 0.2) is 51.7 Å². The van der Waals surface area contributed by atoms with Gasteiger partial charge in [-0.05, 0) is 83.2 Å². The average Bonchev–Trinajstić information content (AvgIpc) is 3.38. The molecule has 0 atom stereocenters. The molecule has 0 aliphatic heterocycles. The molecule has 1 aliphatic carbocycles. The summed E-state index contributed by atoms with van der Waals surface area (Å²) in [5.41, 5.74) is 7.31. The number of hydrogen-bond donors (Lipinski definition) is 3. The Hall–Kier alpha value is -3.54. The van der Waals surface area contributed by atoms with Crippen LogP contribution in [0.3, 0.4) is 0 Å². The molecule has 0 radical (unpaired) electrons. The first-order chi connectivity index (χ1) is 16.0. The van der Waals surface area contributed by atoms with Crippen molar-refractivity contribution in [1.29, 1.82) is 0 Å². The van der Waals surface area contributed by atoms with Crippen molar-refractivity contribution in [2.45, 2.75) is 64.7 Å². The molecule has 0 spiro atoms. The third kappa shape index (κ3) is 3.98. The fraction of sp³-hybridized carbons (Fsp3) is 0.357.